The highest BCUT2D eigenvalue weighted by Gasteiger charge is 2.22. The molecule has 5 nitrogen and oxygen atoms in total. The van der Waals surface area contributed by atoms with Gasteiger partial charge in [0.15, 0.2) is 0 Å². The Morgan fingerprint density at radius 1 is 1.16 bits per heavy atom. The Labute approximate surface area is 149 Å². The van der Waals surface area contributed by atoms with Crippen LogP contribution in [0.2, 0.25) is 0 Å². The van der Waals surface area contributed by atoms with Crippen molar-refractivity contribution >= 4 is 11.7 Å². The zero-order chi connectivity index (χ0) is 17.8. The van der Waals surface area contributed by atoms with E-state index in [1.807, 2.05) is 43.3 Å². The molecule has 25 heavy (non-hydrogen) atoms. The van der Waals surface area contributed by atoms with Crippen LogP contribution in [0.5, 0.6) is 0 Å². The number of benzene rings is 1. The van der Waals surface area contributed by atoms with Crippen molar-refractivity contribution in [3.63, 3.8) is 0 Å². The molecule has 2 aromatic rings. The topological polar surface area (TPSA) is 54.5 Å². The highest BCUT2D eigenvalue weighted by atomic mass is 16.5. The number of aromatic nitrogens is 1. The Hall–Kier alpha value is -2.24. The van der Waals surface area contributed by atoms with Crippen molar-refractivity contribution in [3.8, 4) is 0 Å². The van der Waals surface area contributed by atoms with Gasteiger partial charge in [0, 0.05) is 31.4 Å². The van der Waals surface area contributed by atoms with Gasteiger partial charge in [-0.1, -0.05) is 18.2 Å². The zero-order valence-corrected chi connectivity index (χ0v) is 15.0. The van der Waals surface area contributed by atoms with Crippen LogP contribution in [-0.2, 0) is 11.3 Å². The second-order valence-corrected chi connectivity index (χ2v) is 6.82. The van der Waals surface area contributed by atoms with Crippen molar-refractivity contribution < 1.29 is 9.53 Å². The summed E-state index contributed by atoms with van der Waals surface area (Å²) in [5, 5.41) is 2.82. The maximum absolute atomic E-state index is 12.3. The molecule has 5 heteroatoms. The molecule has 1 fully saturated rings. The number of morpholine rings is 1. The average Bonchev–Trinajstić information content (AvgIpc) is 2.56. The lowest BCUT2D eigenvalue weighted by Crippen LogP contribution is -2.44. The van der Waals surface area contributed by atoms with Crippen LogP contribution in [0, 0.1) is 6.92 Å². The van der Waals surface area contributed by atoms with Gasteiger partial charge in [-0.05, 0) is 50.1 Å². The highest BCUT2D eigenvalue weighted by molar-refractivity contribution is 6.03. The highest BCUT2D eigenvalue weighted by Crippen LogP contribution is 2.15. The predicted molar refractivity (Wildman–Crippen MR) is 98.7 cm³/mol. The number of rotatable bonds is 4. The molecule has 1 amide bonds. The number of pyridine rings is 1. The lowest BCUT2D eigenvalue weighted by Gasteiger charge is -2.35. The molecule has 0 bridgehead atoms. The molecule has 132 valence electrons. The molecule has 1 N–H and O–H groups in total. The molecule has 0 saturated carbocycles. The van der Waals surface area contributed by atoms with Crippen LogP contribution in [0.4, 0.5) is 5.82 Å². The van der Waals surface area contributed by atoms with E-state index >= 15 is 0 Å². The van der Waals surface area contributed by atoms with E-state index in [9.17, 15) is 4.79 Å². The molecule has 2 unspecified atom stereocenters. The summed E-state index contributed by atoms with van der Waals surface area (Å²) in [6.45, 7) is 8.93. The van der Waals surface area contributed by atoms with Crippen LogP contribution in [0.3, 0.4) is 0 Å². The number of ether oxygens (including phenoxy) is 1. The Morgan fingerprint density at radius 3 is 2.44 bits per heavy atom. The predicted octanol–water partition coefficient (Wildman–Crippen LogP) is 3.25. The number of nitrogens with one attached hydrogen (secondary N) is 1. The third-order valence-electron chi connectivity index (χ3n) is 4.27. The van der Waals surface area contributed by atoms with E-state index in [4.69, 9.17) is 4.74 Å². The number of hydrogen-bond donors (Lipinski definition) is 1. The van der Waals surface area contributed by atoms with Gasteiger partial charge in [-0.2, -0.15) is 0 Å². The van der Waals surface area contributed by atoms with Crippen LogP contribution in [0.1, 0.15) is 35.3 Å². The van der Waals surface area contributed by atoms with Crippen molar-refractivity contribution in [2.45, 2.75) is 39.5 Å². The number of carbonyl (C=O) groups is 1. The summed E-state index contributed by atoms with van der Waals surface area (Å²) in [6, 6.07) is 11.5. The van der Waals surface area contributed by atoms with Gasteiger partial charge < -0.3 is 10.1 Å². The van der Waals surface area contributed by atoms with Gasteiger partial charge in [0.1, 0.15) is 5.82 Å². The van der Waals surface area contributed by atoms with E-state index in [1.165, 1.54) is 5.56 Å². The maximum Gasteiger partial charge on any atom is 0.256 e. The SMILES string of the molecule is Cc1ccc(NC(=O)c2ccc(CN3CC(C)OC(C)C3)cc2)nc1. The summed E-state index contributed by atoms with van der Waals surface area (Å²) in [4.78, 5) is 18.9. The van der Waals surface area contributed by atoms with Crippen molar-refractivity contribution in [2.24, 2.45) is 0 Å². The third-order valence-corrected chi connectivity index (χ3v) is 4.27. The summed E-state index contributed by atoms with van der Waals surface area (Å²) in [7, 11) is 0. The molecule has 1 aromatic heterocycles. The van der Waals surface area contributed by atoms with Crippen LogP contribution in [-0.4, -0.2) is 41.1 Å². The first-order chi connectivity index (χ1) is 12.0. The molecular formula is C20H25N3O2. The van der Waals surface area contributed by atoms with E-state index in [-0.39, 0.29) is 18.1 Å². The molecule has 0 radical (unpaired) electrons. The first kappa shape index (κ1) is 17.6. The van der Waals surface area contributed by atoms with Crippen LogP contribution >= 0.6 is 0 Å². The summed E-state index contributed by atoms with van der Waals surface area (Å²) in [5.74, 6) is 0.424. The number of amides is 1. The van der Waals surface area contributed by atoms with Crippen LogP contribution in [0.15, 0.2) is 42.6 Å². The number of aryl methyl sites for hydroxylation is 1. The molecule has 1 aliphatic heterocycles. The quantitative estimate of drug-likeness (QED) is 0.929. The molecule has 1 saturated heterocycles. The van der Waals surface area contributed by atoms with Gasteiger partial charge >= 0.3 is 0 Å². The van der Waals surface area contributed by atoms with Gasteiger partial charge in [0.2, 0.25) is 0 Å². The molecule has 3 rings (SSSR count). The molecule has 1 aliphatic rings. The van der Waals surface area contributed by atoms with Crippen molar-refractivity contribution in [3.05, 3.63) is 59.3 Å². The third kappa shape index (κ3) is 4.87. The molecule has 1 aromatic carbocycles. The largest absolute Gasteiger partial charge is 0.373 e. The Balaban J connectivity index is 1.59. The Kier molecular flexibility index (Phi) is 5.46. The summed E-state index contributed by atoms with van der Waals surface area (Å²) in [6.07, 6.45) is 2.26. The number of anilines is 1. The fourth-order valence-corrected chi connectivity index (χ4v) is 3.16. The van der Waals surface area contributed by atoms with Crippen molar-refractivity contribution in [1.82, 2.24) is 9.88 Å². The normalized spacial score (nSPS) is 21.1. The first-order valence-corrected chi connectivity index (χ1v) is 8.70. The van der Waals surface area contributed by atoms with Crippen molar-refractivity contribution in [2.75, 3.05) is 18.4 Å². The minimum atomic E-state index is -0.142. The maximum atomic E-state index is 12.3. The van der Waals surface area contributed by atoms with E-state index < -0.39 is 0 Å². The molecule has 0 aliphatic carbocycles. The fourth-order valence-electron chi connectivity index (χ4n) is 3.16. The number of nitrogens with zero attached hydrogens (tertiary/aromatic N) is 2. The van der Waals surface area contributed by atoms with Crippen molar-refractivity contribution in [1.29, 1.82) is 0 Å². The lowest BCUT2D eigenvalue weighted by atomic mass is 10.1. The van der Waals surface area contributed by atoms with Gasteiger partial charge in [-0.25, -0.2) is 4.98 Å². The van der Waals surface area contributed by atoms with E-state index in [1.54, 1.807) is 6.20 Å². The first-order valence-electron chi connectivity index (χ1n) is 8.70. The van der Waals surface area contributed by atoms with E-state index in [0.29, 0.717) is 11.4 Å². The number of hydrogen-bond acceptors (Lipinski definition) is 4. The summed E-state index contributed by atoms with van der Waals surface area (Å²) < 4.78 is 5.77. The van der Waals surface area contributed by atoms with E-state index in [0.717, 1.165) is 25.2 Å². The van der Waals surface area contributed by atoms with Gasteiger partial charge in [0.05, 0.1) is 12.2 Å². The molecule has 2 heterocycles. The smallest absolute Gasteiger partial charge is 0.256 e. The summed E-state index contributed by atoms with van der Waals surface area (Å²) >= 11 is 0. The Morgan fingerprint density at radius 2 is 1.84 bits per heavy atom. The van der Waals surface area contributed by atoms with Gasteiger partial charge in [-0.15, -0.1) is 0 Å². The fraction of sp³-hybridized carbons (Fsp3) is 0.400. The van der Waals surface area contributed by atoms with Gasteiger partial charge in [-0.3, -0.25) is 9.69 Å². The van der Waals surface area contributed by atoms with Crippen LogP contribution < -0.4 is 5.32 Å². The Bertz CT molecular complexity index is 703. The van der Waals surface area contributed by atoms with Crippen LogP contribution in [0.25, 0.3) is 0 Å². The number of carbonyl (C=O) groups excluding carboxylic acids is 1. The summed E-state index contributed by atoms with van der Waals surface area (Å²) in [5.41, 5.74) is 2.90. The van der Waals surface area contributed by atoms with Gasteiger partial charge in [0.25, 0.3) is 5.91 Å². The molecule has 2 atom stereocenters. The standard InChI is InChI=1S/C20H25N3O2/c1-14-4-9-19(21-10-14)22-20(24)18-7-5-17(6-8-18)13-23-11-15(2)25-16(3)12-23/h4-10,15-16H,11-13H2,1-3H3,(H,21,22,24). The van der Waals surface area contributed by atoms with E-state index in [2.05, 4.69) is 29.0 Å². The molecule has 0 spiro atoms. The minimum absolute atomic E-state index is 0.142. The second kappa shape index (κ2) is 7.76. The minimum Gasteiger partial charge on any atom is -0.373 e. The zero-order valence-electron chi connectivity index (χ0n) is 15.0. The monoisotopic (exact) mass is 339 g/mol. The molecular weight excluding hydrogens is 314 g/mol. The second-order valence-electron chi connectivity index (χ2n) is 6.82. The average molecular weight is 339 g/mol. The lowest BCUT2D eigenvalue weighted by molar-refractivity contribution is -0.0704.